The van der Waals surface area contributed by atoms with E-state index in [1.165, 1.54) is 0 Å². The van der Waals surface area contributed by atoms with Gasteiger partial charge in [0, 0.05) is 13.1 Å². The van der Waals surface area contributed by atoms with Gasteiger partial charge in [0.1, 0.15) is 16.9 Å². The summed E-state index contributed by atoms with van der Waals surface area (Å²) in [5.41, 5.74) is 3.46. The summed E-state index contributed by atoms with van der Waals surface area (Å²) in [6.45, 7) is 3.80. The van der Waals surface area contributed by atoms with Crippen molar-refractivity contribution in [2.45, 2.75) is 19.9 Å². The van der Waals surface area contributed by atoms with E-state index in [4.69, 9.17) is 9.72 Å². The lowest BCUT2D eigenvalue weighted by Crippen LogP contribution is -2.19. The number of carbonyl (C=O) groups is 1. The van der Waals surface area contributed by atoms with Crippen LogP contribution in [0.15, 0.2) is 24.3 Å². The van der Waals surface area contributed by atoms with Crippen LogP contribution in [0.25, 0.3) is 22.2 Å². The van der Waals surface area contributed by atoms with E-state index in [0.29, 0.717) is 17.7 Å². The SMILES string of the molecule is CCOC(=O)c1c2n(c3nc4ccccc4nc13)CCCN2. The Morgan fingerprint density at radius 3 is 2.86 bits per heavy atom. The Morgan fingerprint density at radius 1 is 1.32 bits per heavy atom. The van der Waals surface area contributed by atoms with Gasteiger partial charge in [-0.15, -0.1) is 0 Å². The quantitative estimate of drug-likeness (QED) is 0.736. The molecule has 2 aromatic heterocycles. The van der Waals surface area contributed by atoms with Gasteiger partial charge in [0.25, 0.3) is 0 Å². The molecular weight excluding hydrogens is 280 g/mol. The van der Waals surface area contributed by atoms with E-state index in [1.807, 2.05) is 28.8 Å². The topological polar surface area (TPSA) is 69.0 Å². The van der Waals surface area contributed by atoms with Crippen molar-refractivity contribution >= 4 is 34.0 Å². The summed E-state index contributed by atoms with van der Waals surface area (Å²) >= 11 is 0. The standard InChI is InChI=1S/C16H16N4O2/c1-2-22-16(21)12-13-15(20-9-5-8-17-14(12)20)19-11-7-4-3-6-10(11)18-13/h3-4,6-7,17H,2,5,8-9H2,1H3. The van der Waals surface area contributed by atoms with Gasteiger partial charge in [0.2, 0.25) is 0 Å². The van der Waals surface area contributed by atoms with Crippen LogP contribution in [0.4, 0.5) is 5.82 Å². The summed E-state index contributed by atoms with van der Waals surface area (Å²) in [6.07, 6.45) is 0.994. The van der Waals surface area contributed by atoms with E-state index in [0.717, 1.165) is 42.0 Å². The minimum absolute atomic E-state index is 0.339. The van der Waals surface area contributed by atoms with Gasteiger partial charge in [-0.1, -0.05) is 12.1 Å². The van der Waals surface area contributed by atoms with Crippen LogP contribution < -0.4 is 5.32 Å². The van der Waals surface area contributed by atoms with Crippen LogP contribution in [0.5, 0.6) is 0 Å². The zero-order valence-electron chi connectivity index (χ0n) is 12.3. The van der Waals surface area contributed by atoms with Crippen LogP contribution in [-0.2, 0) is 11.3 Å². The number of anilines is 1. The lowest BCUT2D eigenvalue weighted by atomic mass is 10.2. The number of hydrogen-bond acceptors (Lipinski definition) is 5. The Bertz CT molecular complexity index is 885. The fraction of sp³-hybridized carbons (Fsp3) is 0.312. The number of benzene rings is 1. The number of aryl methyl sites for hydroxylation is 1. The molecule has 0 unspecified atom stereocenters. The summed E-state index contributed by atoms with van der Waals surface area (Å²) < 4.78 is 7.24. The molecule has 1 aliphatic rings. The van der Waals surface area contributed by atoms with E-state index >= 15 is 0 Å². The van der Waals surface area contributed by atoms with Gasteiger partial charge in [-0.05, 0) is 25.5 Å². The van der Waals surface area contributed by atoms with Crippen LogP contribution in [-0.4, -0.2) is 33.7 Å². The minimum Gasteiger partial charge on any atom is -0.462 e. The highest BCUT2D eigenvalue weighted by molar-refractivity contribution is 6.08. The highest BCUT2D eigenvalue weighted by atomic mass is 16.5. The Labute approximate surface area is 127 Å². The third-order valence-corrected chi connectivity index (χ3v) is 3.88. The fourth-order valence-electron chi connectivity index (χ4n) is 2.94. The third-order valence-electron chi connectivity index (χ3n) is 3.88. The maximum absolute atomic E-state index is 12.4. The first kappa shape index (κ1) is 13.1. The largest absolute Gasteiger partial charge is 0.462 e. The maximum Gasteiger partial charge on any atom is 0.344 e. The van der Waals surface area contributed by atoms with Crippen molar-refractivity contribution in [1.82, 2.24) is 14.5 Å². The van der Waals surface area contributed by atoms with Gasteiger partial charge < -0.3 is 14.6 Å². The molecule has 22 heavy (non-hydrogen) atoms. The average molecular weight is 296 g/mol. The van der Waals surface area contributed by atoms with Gasteiger partial charge in [0.05, 0.1) is 17.6 Å². The van der Waals surface area contributed by atoms with Crippen molar-refractivity contribution in [2.75, 3.05) is 18.5 Å². The maximum atomic E-state index is 12.4. The molecule has 0 aliphatic carbocycles. The number of hydrogen-bond donors (Lipinski definition) is 1. The number of fused-ring (bicyclic) bond motifs is 4. The fourth-order valence-corrected chi connectivity index (χ4v) is 2.94. The molecule has 3 aromatic rings. The van der Waals surface area contributed by atoms with Gasteiger partial charge in [-0.2, -0.15) is 0 Å². The van der Waals surface area contributed by atoms with E-state index in [-0.39, 0.29) is 5.97 Å². The lowest BCUT2D eigenvalue weighted by Gasteiger charge is -2.18. The van der Waals surface area contributed by atoms with Crippen molar-refractivity contribution < 1.29 is 9.53 Å². The van der Waals surface area contributed by atoms with Gasteiger partial charge in [-0.25, -0.2) is 14.8 Å². The smallest absolute Gasteiger partial charge is 0.344 e. The van der Waals surface area contributed by atoms with E-state index in [1.54, 1.807) is 6.92 Å². The molecule has 0 saturated heterocycles. The van der Waals surface area contributed by atoms with E-state index in [9.17, 15) is 4.79 Å². The van der Waals surface area contributed by atoms with Crippen LogP contribution >= 0.6 is 0 Å². The van der Waals surface area contributed by atoms with Crippen molar-refractivity contribution in [3.05, 3.63) is 29.8 Å². The highest BCUT2D eigenvalue weighted by Crippen LogP contribution is 2.32. The summed E-state index contributed by atoms with van der Waals surface area (Å²) in [4.78, 5) is 21.8. The van der Waals surface area contributed by atoms with E-state index in [2.05, 4.69) is 10.3 Å². The van der Waals surface area contributed by atoms with Crippen LogP contribution in [0.1, 0.15) is 23.7 Å². The molecule has 112 valence electrons. The molecule has 6 nitrogen and oxygen atoms in total. The first-order valence-corrected chi connectivity index (χ1v) is 7.49. The van der Waals surface area contributed by atoms with Crippen LogP contribution in [0, 0.1) is 0 Å². The number of ether oxygens (including phenoxy) is 1. The van der Waals surface area contributed by atoms with Crippen LogP contribution in [0.3, 0.4) is 0 Å². The first-order valence-electron chi connectivity index (χ1n) is 7.49. The number of esters is 1. The van der Waals surface area contributed by atoms with Crippen molar-refractivity contribution in [1.29, 1.82) is 0 Å². The summed E-state index contributed by atoms with van der Waals surface area (Å²) in [5, 5.41) is 3.30. The second-order valence-electron chi connectivity index (χ2n) is 5.26. The van der Waals surface area contributed by atoms with Gasteiger partial charge >= 0.3 is 5.97 Å². The van der Waals surface area contributed by atoms with Crippen LogP contribution in [0.2, 0.25) is 0 Å². The van der Waals surface area contributed by atoms with Crippen molar-refractivity contribution in [3.8, 4) is 0 Å². The number of nitrogens with zero attached hydrogens (tertiary/aromatic N) is 3. The lowest BCUT2D eigenvalue weighted by molar-refractivity contribution is 0.0529. The summed E-state index contributed by atoms with van der Waals surface area (Å²) in [7, 11) is 0. The Balaban J connectivity index is 2.07. The zero-order valence-corrected chi connectivity index (χ0v) is 12.3. The minimum atomic E-state index is -0.347. The van der Waals surface area contributed by atoms with Gasteiger partial charge in [-0.3, -0.25) is 0 Å². The molecule has 4 rings (SSSR count). The molecule has 0 spiro atoms. The molecular formula is C16H16N4O2. The first-order chi connectivity index (χ1) is 10.8. The van der Waals surface area contributed by atoms with Crippen molar-refractivity contribution in [3.63, 3.8) is 0 Å². The molecule has 0 bridgehead atoms. The number of carbonyl (C=O) groups excluding carboxylic acids is 1. The number of para-hydroxylation sites is 2. The Morgan fingerprint density at radius 2 is 2.09 bits per heavy atom. The summed E-state index contributed by atoms with van der Waals surface area (Å²) in [5.74, 6) is 0.426. The number of nitrogens with one attached hydrogen (secondary N) is 1. The third kappa shape index (κ3) is 1.83. The molecule has 1 N–H and O–H groups in total. The summed E-state index contributed by atoms with van der Waals surface area (Å²) in [6, 6.07) is 7.69. The predicted octanol–water partition coefficient (Wildman–Crippen LogP) is 2.58. The second kappa shape index (κ2) is 4.98. The average Bonchev–Trinajstić information content (AvgIpc) is 2.86. The molecule has 1 aliphatic heterocycles. The predicted molar refractivity (Wildman–Crippen MR) is 84.1 cm³/mol. The Hall–Kier alpha value is -2.63. The zero-order chi connectivity index (χ0) is 15.1. The number of rotatable bonds is 2. The second-order valence-corrected chi connectivity index (χ2v) is 5.26. The Kier molecular flexibility index (Phi) is 2.96. The molecule has 0 saturated carbocycles. The molecule has 3 heterocycles. The normalized spacial score (nSPS) is 13.9. The van der Waals surface area contributed by atoms with Gasteiger partial charge in [0.15, 0.2) is 5.65 Å². The highest BCUT2D eigenvalue weighted by Gasteiger charge is 2.27. The molecule has 0 fully saturated rings. The molecule has 0 atom stereocenters. The molecule has 1 aromatic carbocycles. The molecule has 0 amide bonds. The monoisotopic (exact) mass is 296 g/mol. The van der Waals surface area contributed by atoms with E-state index < -0.39 is 0 Å². The molecule has 0 radical (unpaired) electrons. The number of aromatic nitrogens is 3. The van der Waals surface area contributed by atoms with Crippen molar-refractivity contribution in [2.24, 2.45) is 0 Å². The molecule has 6 heteroatoms.